The predicted molar refractivity (Wildman–Crippen MR) is 66.5 cm³/mol. The molecule has 3 nitrogen and oxygen atoms in total. The number of ether oxygens (including phenoxy) is 1. The number of aliphatic hydroxyl groups is 1. The molecule has 0 aromatic carbocycles. The molecule has 3 heteroatoms. The van der Waals surface area contributed by atoms with Crippen molar-refractivity contribution in [2.75, 3.05) is 13.2 Å². The van der Waals surface area contributed by atoms with E-state index in [1.165, 1.54) is 0 Å². The second-order valence-electron chi connectivity index (χ2n) is 5.46. The monoisotopic (exact) mass is 229 g/mol. The summed E-state index contributed by atoms with van der Waals surface area (Å²) in [6, 6.07) is 0.900. The smallest absolute Gasteiger partial charge is 0.0666 e. The molecule has 0 bridgehead atoms. The van der Waals surface area contributed by atoms with Crippen molar-refractivity contribution in [2.24, 2.45) is 5.92 Å². The van der Waals surface area contributed by atoms with Crippen molar-refractivity contribution in [1.29, 1.82) is 0 Å². The lowest BCUT2D eigenvalue weighted by atomic mass is 9.89. The van der Waals surface area contributed by atoms with Gasteiger partial charge in [0.2, 0.25) is 0 Å². The summed E-state index contributed by atoms with van der Waals surface area (Å²) in [7, 11) is 0. The summed E-state index contributed by atoms with van der Waals surface area (Å²) in [5.41, 5.74) is 0.0398. The molecule has 2 N–H and O–H groups in total. The maximum Gasteiger partial charge on any atom is 0.0666 e. The van der Waals surface area contributed by atoms with Crippen LogP contribution in [0.2, 0.25) is 0 Å². The van der Waals surface area contributed by atoms with Gasteiger partial charge in [0.05, 0.1) is 5.60 Å². The molecule has 1 rings (SSSR count). The molecular formula is C13H27NO2. The highest BCUT2D eigenvalue weighted by Gasteiger charge is 2.32. The van der Waals surface area contributed by atoms with Gasteiger partial charge in [-0.2, -0.15) is 0 Å². The Kier molecular flexibility index (Phi) is 5.22. The van der Waals surface area contributed by atoms with Crippen molar-refractivity contribution in [1.82, 2.24) is 5.32 Å². The van der Waals surface area contributed by atoms with Crippen LogP contribution in [-0.4, -0.2) is 36.0 Å². The summed E-state index contributed by atoms with van der Waals surface area (Å²) in [5.74, 6) is 0.315. The first-order chi connectivity index (χ1) is 7.50. The number of aliphatic hydroxyl groups excluding tert-OH is 1. The van der Waals surface area contributed by atoms with E-state index in [9.17, 15) is 0 Å². The third-order valence-electron chi connectivity index (χ3n) is 3.98. The SMILES string of the molecule is CCC1(C)CC(NC(C)C(C)CO)CCO1. The van der Waals surface area contributed by atoms with Crippen LogP contribution >= 0.6 is 0 Å². The first kappa shape index (κ1) is 13.9. The lowest BCUT2D eigenvalue weighted by Gasteiger charge is -2.39. The number of nitrogens with one attached hydrogen (secondary N) is 1. The first-order valence-corrected chi connectivity index (χ1v) is 6.51. The van der Waals surface area contributed by atoms with E-state index in [0.29, 0.717) is 18.0 Å². The number of hydrogen-bond donors (Lipinski definition) is 2. The van der Waals surface area contributed by atoms with Crippen LogP contribution in [0.15, 0.2) is 0 Å². The lowest BCUT2D eigenvalue weighted by molar-refractivity contribution is -0.0796. The van der Waals surface area contributed by atoms with Crippen molar-refractivity contribution in [3.8, 4) is 0 Å². The van der Waals surface area contributed by atoms with E-state index in [1.807, 2.05) is 0 Å². The van der Waals surface area contributed by atoms with E-state index < -0.39 is 0 Å². The second kappa shape index (κ2) is 5.99. The summed E-state index contributed by atoms with van der Waals surface area (Å²) in [6.45, 7) is 9.71. The van der Waals surface area contributed by atoms with Gasteiger partial charge in [-0.25, -0.2) is 0 Å². The second-order valence-corrected chi connectivity index (χ2v) is 5.46. The standard InChI is InChI=1S/C13H27NO2/c1-5-13(4)8-12(6-7-16-13)14-11(3)10(2)9-15/h10-12,14-15H,5-9H2,1-4H3. The molecule has 0 aromatic heterocycles. The van der Waals surface area contributed by atoms with Crippen LogP contribution in [0.4, 0.5) is 0 Å². The summed E-state index contributed by atoms with van der Waals surface area (Å²) >= 11 is 0. The van der Waals surface area contributed by atoms with Gasteiger partial charge in [-0.1, -0.05) is 13.8 Å². The zero-order chi connectivity index (χ0) is 12.2. The fraction of sp³-hybridized carbons (Fsp3) is 1.00. The molecule has 0 amide bonds. The van der Waals surface area contributed by atoms with Crippen molar-refractivity contribution >= 4 is 0 Å². The van der Waals surface area contributed by atoms with Gasteiger partial charge in [-0.15, -0.1) is 0 Å². The average molecular weight is 229 g/mol. The molecule has 1 fully saturated rings. The summed E-state index contributed by atoms with van der Waals surface area (Å²) < 4.78 is 5.82. The largest absolute Gasteiger partial charge is 0.396 e. The Morgan fingerprint density at radius 2 is 2.19 bits per heavy atom. The minimum absolute atomic E-state index is 0.0398. The molecule has 1 aliphatic heterocycles. The van der Waals surface area contributed by atoms with E-state index >= 15 is 0 Å². The van der Waals surface area contributed by atoms with Crippen molar-refractivity contribution in [3.63, 3.8) is 0 Å². The van der Waals surface area contributed by atoms with Crippen LogP contribution in [0.25, 0.3) is 0 Å². The zero-order valence-electron chi connectivity index (χ0n) is 11.1. The Balaban J connectivity index is 2.43. The van der Waals surface area contributed by atoms with Crippen molar-refractivity contribution in [3.05, 3.63) is 0 Å². The highest BCUT2D eigenvalue weighted by Crippen LogP contribution is 2.28. The van der Waals surface area contributed by atoms with E-state index in [1.54, 1.807) is 0 Å². The summed E-state index contributed by atoms with van der Waals surface area (Å²) in [4.78, 5) is 0. The Bertz CT molecular complexity index is 210. The Labute approximate surface area is 99.6 Å². The van der Waals surface area contributed by atoms with Gasteiger partial charge in [0.15, 0.2) is 0 Å². The number of hydrogen-bond acceptors (Lipinski definition) is 3. The van der Waals surface area contributed by atoms with E-state index in [-0.39, 0.29) is 12.2 Å². The molecule has 1 aliphatic rings. The van der Waals surface area contributed by atoms with E-state index in [2.05, 4.69) is 33.0 Å². The van der Waals surface area contributed by atoms with Crippen LogP contribution in [-0.2, 0) is 4.74 Å². The average Bonchev–Trinajstić information content (AvgIpc) is 2.28. The third kappa shape index (κ3) is 3.72. The van der Waals surface area contributed by atoms with Crippen LogP contribution < -0.4 is 5.32 Å². The molecule has 0 aromatic rings. The molecule has 96 valence electrons. The molecule has 16 heavy (non-hydrogen) atoms. The normalized spacial score (nSPS) is 34.7. The van der Waals surface area contributed by atoms with Gasteiger partial charge in [0.1, 0.15) is 0 Å². The summed E-state index contributed by atoms with van der Waals surface area (Å²) in [5, 5.41) is 12.7. The molecule has 0 saturated carbocycles. The predicted octanol–water partition coefficient (Wildman–Crippen LogP) is 1.94. The highest BCUT2D eigenvalue weighted by atomic mass is 16.5. The van der Waals surface area contributed by atoms with Gasteiger partial charge in [0, 0.05) is 25.3 Å². The Morgan fingerprint density at radius 1 is 1.50 bits per heavy atom. The number of rotatable bonds is 5. The fourth-order valence-electron chi connectivity index (χ4n) is 2.21. The minimum atomic E-state index is 0.0398. The van der Waals surface area contributed by atoms with E-state index in [0.717, 1.165) is 25.9 Å². The minimum Gasteiger partial charge on any atom is -0.396 e. The first-order valence-electron chi connectivity index (χ1n) is 6.51. The van der Waals surface area contributed by atoms with Gasteiger partial charge < -0.3 is 15.2 Å². The van der Waals surface area contributed by atoms with Gasteiger partial charge >= 0.3 is 0 Å². The molecule has 4 atom stereocenters. The molecule has 0 aliphatic carbocycles. The zero-order valence-corrected chi connectivity index (χ0v) is 11.1. The maximum absolute atomic E-state index is 9.12. The van der Waals surface area contributed by atoms with Crippen molar-refractivity contribution in [2.45, 2.75) is 64.6 Å². The van der Waals surface area contributed by atoms with Gasteiger partial charge in [0.25, 0.3) is 0 Å². The molecule has 1 heterocycles. The van der Waals surface area contributed by atoms with Crippen molar-refractivity contribution < 1.29 is 9.84 Å². The van der Waals surface area contributed by atoms with Crippen LogP contribution in [0.3, 0.4) is 0 Å². The Hall–Kier alpha value is -0.120. The molecule has 0 spiro atoms. The quantitative estimate of drug-likeness (QED) is 0.757. The Morgan fingerprint density at radius 3 is 2.75 bits per heavy atom. The van der Waals surface area contributed by atoms with Gasteiger partial charge in [-0.05, 0) is 39.0 Å². The maximum atomic E-state index is 9.12. The fourth-order valence-corrected chi connectivity index (χ4v) is 2.21. The topological polar surface area (TPSA) is 41.5 Å². The third-order valence-corrected chi connectivity index (χ3v) is 3.98. The van der Waals surface area contributed by atoms with Crippen LogP contribution in [0.5, 0.6) is 0 Å². The molecule has 0 radical (unpaired) electrons. The van der Waals surface area contributed by atoms with Crippen LogP contribution in [0, 0.1) is 5.92 Å². The van der Waals surface area contributed by atoms with Gasteiger partial charge in [-0.3, -0.25) is 0 Å². The highest BCUT2D eigenvalue weighted by molar-refractivity contribution is 4.87. The van der Waals surface area contributed by atoms with Crippen LogP contribution in [0.1, 0.15) is 47.0 Å². The summed E-state index contributed by atoms with van der Waals surface area (Å²) in [6.07, 6.45) is 3.22. The lowest BCUT2D eigenvalue weighted by Crippen LogP contribution is -2.49. The molecule has 4 unspecified atom stereocenters. The molecular weight excluding hydrogens is 202 g/mol. The molecule has 1 saturated heterocycles. The van der Waals surface area contributed by atoms with E-state index in [4.69, 9.17) is 9.84 Å².